The highest BCUT2D eigenvalue weighted by atomic mass is 16.5. The summed E-state index contributed by atoms with van der Waals surface area (Å²) in [6.07, 6.45) is 3.91. The highest BCUT2D eigenvalue weighted by Crippen LogP contribution is 2.35. The first-order valence-electron chi connectivity index (χ1n) is 8.65. The third-order valence-electron chi connectivity index (χ3n) is 5.51. The molecule has 2 aliphatic heterocycles. The summed E-state index contributed by atoms with van der Waals surface area (Å²) in [6, 6.07) is 15.1. The summed E-state index contributed by atoms with van der Waals surface area (Å²) in [5.74, 6) is 1.90. The van der Waals surface area contributed by atoms with Gasteiger partial charge in [0.2, 0.25) is 0 Å². The highest BCUT2D eigenvalue weighted by Gasteiger charge is 2.36. The fraction of sp³-hybridized carbons (Fsp3) is 0.400. The zero-order valence-electron chi connectivity index (χ0n) is 13.2. The Morgan fingerprint density at radius 3 is 2.87 bits per heavy atom. The number of piperidine rings is 1. The van der Waals surface area contributed by atoms with Crippen LogP contribution in [0.25, 0.3) is 21.9 Å². The number of fused-ring (bicyclic) bond motifs is 5. The van der Waals surface area contributed by atoms with E-state index in [0.717, 1.165) is 52.7 Å². The Labute approximate surface area is 135 Å². The van der Waals surface area contributed by atoms with Gasteiger partial charge in [0.15, 0.2) is 0 Å². The van der Waals surface area contributed by atoms with Gasteiger partial charge in [0.25, 0.3) is 0 Å². The normalized spacial score (nSPS) is 26.3. The Hall–Kier alpha value is -2.00. The van der Waals surface area contributed by atoms with E-state index in [9.17, 15) is 0 Å². The van der Waals surface area contributed by atoms with Crippen LogP contribution in [-0.4, -0.2) is 30.6 Å². The van der Waals surface area contributed by atoms with Crippen LogP contribution in [0.1, 0.15) is 19.3 Å². The van der Waals surface area contributed by atoms with Crippen molar-refractivity contribution in [2.45, 2.75) is 25.3 Å². The van der Waals surface area contributed by atoms with Gasteiger partial charge in [-0.15, -0.1) is 0 Å². The Kier molecular flexibility index (Phi) is 3.08. The van der Waals surface area contributed by atoms with E-state index < -0.39 is 0 Å². The van der Waals surface area contributed by atoms with Gasteiger partial charge < -0.3 is 9.15 Å². The molecule has 3 unspecified atom stereocenters. The van der Waals surface area contributed by atoms with Crippen molar-refractivity contribution in [3.05, 3.63) is 42.5 Å². The van der Waals surface area contributed by atoms with E-state index >= 15 is 0 Å². The third-order valence-corrected chi connectivity index (χ3v) is 5.51. The third kappa shape index (κ3) is 2.31. The van der Waals surface area contributed by atoms with Gasteiger partial charge in [-0.3, -0.25) is 4.90 Å². The lowest BCUT2D eigenvalue weighted by molar-refractivity contribution is 0.206. The van der Waals surface area contributed by atoms with Crippen molar-refractivity contribution in [1.82, 2.24) is 4.90 Å². The molecular formula is C20H21NO2. The van der Waals surface area contributed by atoms with Crippen LogP contribution >= 0.6 is 0 Å². The van der Waals surface area contributed by atoms with Gasteiger partial charge >= 0.3 is 0 Å². The van der Waals surface area contributed by atoms with E-state index in [1.165, 1.54) is 25.9 Å². The molecule has 5 rings (SSSR count). The Bertz CT molecular complexity index is 853. The number of hydrogen-bond acceptors (Lipinski definition) is 3. The van der Waals surface area contributed by atoms with Gasteiger partial charge in [0, 0.05) is 23.4 Å². The Morgan fingerprint density at radius 2 is 2.00 bits per heavy atom. The van der Waals surface area contributed by atoms with Crippen LogP contribution in [0.3, 0.4) is 0 Å². The zero-order valence-corrected chi connectivity index (χ0v) is 13.2. The van der Waals surface area contributed by atoms with Gasteiger partial charge in [0.1, 0.15) is 16.9 Å². The standard InChI is InChI=1S/C20H21NO2/c1-2-4-19-17(3-1)18-12-16(5-6-20(18)23-19)22-10-8-15-11-14-7-9-21(15)13-14/h1-6,12,14-15H,7-11,13H2. The van der Waals surface area contributed by atoms with Crippen molar-refractivity contribution in [3.63, 3.8) is 0 Å². The molecule has 1 aromatic heterocycles. The Morgan fingerprint density at radius 1 is 1.09 bits per heavy atom. The summed E-state index contributed by atoms with van der Waals surface area (Å²) in [5.41, 5.74) is 1.87. The number of furan rings is 1. The van der Waals surface area contributed by atoms with Gasteiger partial charge in [-0.1, -0.05) is 18.2 Å². The molecule has 3 heteroatoms. The molecule has 2 aromatic carbocycles. The predicted molar refractivity (Wildman–Crippen MR) is 91.9 cm³/mol. The number of benzene rings is 2. The summed E-state index contributed by atoms with van der Waals surface area (Å²) in [7, 11) is 0. The van der Waals surface area contributed by atoms with Crippen LogP contribution in [0.2, 0.25) is 0 Å². The minimum atomic E-state index is 0.743. The summed E-state index contributed by atoms with van der Waals surface area (Å²) < 4.78 is 11.9. The minimum absolute atomic E-state index is 0.743. The van der Waals surface area contributed by atoms with Crippen LogP contribution in [0.4, 0.5) is 0 Å². The number of rotatable bonds is 4. The van der Waals surface area contributed by atoms with Crippen molar-refractivity contribution in [1.29, 1.82) is 0 Å². The fourth-order valence-corrected chi connectivity index (χ4v) is 4.33. The van der Waals surface area contributed by atoms with E-state index in [4.69, 9.17) is 9.15 Å². The first-order chi connectivity index (χ1) is 11.4. The van der Waals surface area contributed by atoms with Crippen molar-refractivity contribution in [3.8, 4) is 5.75 Å². The molecule has 0 radical (unpaired) electrons. The van der Waals surface area contributed by atoms with Crippen LogP contribution in [0, 0.1) is 5.92 Å². The van der Waals surface area contributed by atoms with Crippen molar-refractivity contribution in [2.24, 2.45) is 5.92 Å². The van der Waals surface area contributed by atoms with Gasteiger partial charge in [0.05, 0.1) is 6.61 Å². The van der Waals surface area contributed by atoms with Gasteiger partial charge in [-0.05, 0) is 56.0 Å². The van der Waals surface area contributed by atoms with E-state index in [1.54, 1.807) is 0 Å². The largest absolute Gasteiger partial charge is 0.494 e. The van der Waals surface area contributed by atoms with Gasteiger partial charge in [-0.2, -0.15) is 0 Å². The average molecular weight is 307 g/mol. The van der Waals surface area contributed by atoms with E-state index in [0.29, 0.717) is 0 Å². The quantitative estimate of drug-likeness (QED) is 0.712. The molecule has 3 aromatic rings. The summed E-state index contributed by atoms with van der Waals surface area (Å²) in [4.78, 5) is 2.64. The van der Waals surface area contributed by atoms with Crippen LogP contribution in [0.15, 0.2) is 46.9 Å². The molecule has 2 fully saturated rings. The van der Waals surface area contributed by atoms with E-state index in [2.05, 4.69) is 23.1 Å². The maximum atomic E-state index is 6.03. The lowest BCUT2D eigenvalue weighted by Crippen LogP contribution is -2.30. The fourth-order valence-electron chi connectivity index (χ4n) is 4.33. The SMILES string of the molecule is c1ccc2c(c1)oc1ccc(OCCC3CC4CCN3C4)cc12. The molecule has 0 amide bonds. The maximum Gasteiger partial charge on any atom is 0.135 e. The smallest absolute Gasteiger partial charge is 0.135 e. The lowest BCUT2D eigenvalue weighted by atomic mass is 9.99. The molecule has 3 nitrogen and oxygen atoms in total. The van der Waals surface area contributed by atoms with E-state index in [1.807, 2.05) is 24.3 Å². The highest BCUT2D eigenvalue weighted by molar-refractivity contribution is 6.05. The van der Waals surface area contributed by atoms with E-state index in [-0.39, 0.29) is 0 Å². The molecule has 3 heterocycles. The Balaban J connectivity index is 1.31. The number of nitrogens with zero attached hydrogens (tertiary/aromatic N) is 1. The number of hydrogen-bond donors (Lipinski definition) is 0. The monoisotopic (exact) mass is 307 g/mol. The molecule has 118 valence electrons. The topological polar surface area (TPSA) is 25.6 Å². The second kappa shape index (κ2) is 5.27. The average Bonchev–Trinajstić information content (AvgIpc) is 3.28. The second-order valence-corrected chi connectivity index (χ2v) is 6.93. The molecule has 0 spiro atoms. The summed E-state index contributed by atoms with van der Waals surface area (Å²) in [6.45, 7) is 3.41. The minimum Gasteiger partial charge on any atom is -0.494 e. The van der Waals surface area contributed by atoms with Crippen molar-refractivity contribution >= 4 is 21.9 Å². The predicted octanol–water partition coefficient (Wildman–Crippen LogP) is 4.45. The summed E-state index contributed by atoms with van der Waals surface area (Å²) >= 11 is 0. The zero-order chi connectivity index (χ0) is 15.2. The van der Waals surface area contributed by atoms with Crippen LogP contribution in [-0.2, 0) is 0 Å². The first-order valence-corrected chi connectivity index (χ1v) is 8.65. The van der Waals surface area contributed by atoms with Gasteiger partial charge in [-0.25, -0.2) is 0 Å². The molecule has 0 N–H and O–H groups in total. The van der Waals surface area contributed by atoms with Crippen molar-refractivity contribution in [2.75, 3.05) is 19.7 Å². The summed E-state index contributed by atoms with van der Waals surface area (Å²) in [5, 5.41) is 2.30. The molecule has 23 heavy (non-hydrogen) atoms. The van der Waals surface area contributed by atoms with Crippen LogP contribution in [0.5, 0.6) is 5.75 Å². The molecule has 2 aliphatic rings. The molecule has 2 saturated heterocycles. The number of ether oxygens (including phenoxy) is 1. The first kappa shape index (κ1) is 13.4. The lowest BCUT2D eigenvalue weighted by Gasteiger charge is -2.24. The maximum absolute atomic E-state index is 6.03. The second-order valence-electron chi connectivity index (χ2n) is 6.93. The molecule has 0 aliphatic carbocycles. The van der Waals surface area contributed by atoms with Crippen LogP contribution < -0.4 is 4.74 Å². The molecular weight excluding hydrogens is 286 g/mol. The molecule has 2 bridgehead atoms. The molecule has 3 atom stereocenters. The van der Waals surface area contributed by atoms with Crippen molar-refractivity contribution < 1.29 is 9.15 Å². The molecule has 0 saturated carbocycles. The number of para-hydroxylation sites is 1.